The molecule has 0 spiro atoms. The van der Waals surface area contributed by atoms with Crippen molar-refractivity contribution in [2.45, 2.75) is 12.8 Å². The van der Waals surface area contributed by atoms with Gasteiger partial charge in [0.2, 0.25) is 11.9 Å². The van der Waals surface area contributed by atoms with Crippen LogP contribution in [0, 0.1) is 5.82 Å². The Hall–Kier alpha value is -4.01. The summed E-state index contributed by atoms with van der Waals surface area (Å²) in [6.45, 7) is 0.687. The molecule has 0 atom stereocenters. The second-order valence-corrected chi connectivity index (χ2v) is 7.87. The highest BCUT2D eigenvalue weighted by Gasteiger charge is 2.20. The first-order chi connectivity index (χ1) is 15.9. The molecule has 0 unspecified atom stereocenters. The lowest BCUT2D eigenvalue weighted by Gasteiger charge is -2.22. The monoisotopic (exact) mass is 448 g/mol. The fraction of sp³-hybridized carbons (Fsp3) is 0.250. The molecule has 0 fully saturated rings. The molecule has 33 heavy (non-hydrogen) atoms. The molecule has 0 saturated heterocycles. The minimum absolute atomic E-state index is 0.0235. The van der Waals surface area contributed by atoms with Gasteiger partial charge in [0.05, 0.1) is 23.9 Å². The van der Waals surface area contributed by atoms with Crippen molar-refractivity contribution in [1.82, 2.24) is 20.2 Å². The summed E-state index contributed by atoms with van der Waals surface area (Å²) in [5, 5.41) is 5.69. The number of anilines is 4. The number of amides is 2. The first kappa shape index (κ1) is 22.2. The van der Waals surface area contributed by atoms with E-state index in [0.29, 0.717) is 29.9 Å². The Bertz CT molecular complexity index is 1220. The molecule has 2 aromatic carbocycles. The number of aromatic nitrogens is 2. The van der Waals surface area contributed by atoms with Crippen LogP contribution in [-0.2, 0) is 17.6 Å². The molecule has 8 nitrogen and oxygen atoms in total. The number of carbonyl (C=O) groups excluding carboxylic acids is 2. The van der Waals surface area contributed by atoms with Crippen LogP contribution in [0.15, 0.2) is 48.7 Å². The fourth-order valence-corrected chi connectivity index (χ4v) is 3.81. The Morgan fingerprint density at radius 2 is 1.97 bits per heavy atom. The Morgan fingerprint density at radius 1 is 1.18 bits per heavy atom. The van der Waals surface area contributed by atoms with Gasteiger partial charge in [0.15, 0.2) is 11.6 Å². The zero-order valence-corrected chi connectivity index (χ0v) is 18.7. The van der Waals surface area contributed by atoms with Crippen molar-refractivity contribution in [3.8, 4) is 0 Å². The average molecular weight is 449 g/mol. The van der Waals surface area contributed by atoms with Gasteiger partial charge in [-0.25, -0.2) is 9.37 Å². The first-order valence-corrected chi connectivity index (χ1v) is 10.6. The van der Waals surface area contributed by atoms with E-state index in [4.69, 9.17) is 0 Å². The van der Waals surface area contributed by atoms with Crippen molar-refractivity contribution >= 4 is 35.0 Å². The van der Waals surface area contributed by atoms with E-state index < -0.39 is 5.82 Å². The summed E-state index contributed by atoms with van der Waals surface area (Å²) in [4.78, 5) is 36.1. The number of carbonyl (C=O) groups is 2. The van der Waals surface area contributed by atoms with Gasteiger partial charge in [-0.05, 0) is 41.8 Å². The number of nitrogens with one attached hydrogen (secondary N) is 2. The zero-order valence-electron chi connectivity index (χ0n) is 18.7. The van der Waals surface area contributed by atoms with Gasteiger partial charge in [-0.2, -0.15) is 4.98 Å². The number of para-hydroxylation sites is 1. The highest BCUT2D eigenvalue weighted by atomic mass is 19.1. The summed E-state index contributed by atoms with van der Waals surface area (Å²) < 4.78 is 14.7. The SMILES string of the molecule is CNC(=O)c1ccccc1N(C)c1nc(Nc2ccc3c(c2)CC(=O)N(C)CC3)ncc1F. The van der Waals surface area contributed by atoms with Crippen LogP contribution < -0.4 is 15.5 Å². The first-order valence-electron chi connectivity index (χ1n) is 10.6. The molecule has 9 heteroatoms. The standard InChI is InChI=1S/C24H25FN6O2/c1-26-23(33)18-6-4-5-7-20(18)31(3)22-19(25)14-27-24(29-22)28-17-9-8-15-10-11-30(2)21(32)13-16(15)12-17/h4-9,12,14H,10-11,13H2,1-3H3,(H,26,33)(H,27,28,29). The maximum Gasteiger partial charge on any atom is 0.253 e. The molecule has 2 amide bonds. The minimum atomic E-state index is -0.620. The van der Waals surface area contributed by atoms with Gasteiger partial charge in [-0.15, -0.1) is 0 Å². The van der Waals surface area contributed by atoms with E-state index >= 15 is 0 Å². The van der Waals surface area contributed by atoms with Gasteiger partial charge >= 0.3 is 0 Å². The third kappa shape index (κ3) is 4.62. The fourth-order valence-electron chi connectivity index (χ4n) is 3.81. The second kappa shape index (κ2) is 9.23. The van der Waals surface area contributed by atoms with Crippen LogP contribution in [0.25, 0.3) is 0 Å². The molecule has 2 heterocycles. The molecule has 1 aliphatic heterocycles. The largest absolute Gasteiger partial charge is 0.355 e. The lowest BCUT2D eigenvalue weighted by atomic mass is 10.0. The Balaban J connectivity index is 1.62. The highest BCUT2D eigenvalue weighted by Crippen LogP contribution is 2.29. The van der Waals surface area contributed by atoms with E-state index in [1.54, 1.807) is 50.3 Å². The summed E-state index contributed by atoms with van der Waals surface area (Å²) in [6.07, 6.45) is 2.21. The number of rotatable bonds is 5. The van der Waals surface area contributed by atoms with Crippen LogP contribution >= 0.6 is 0 Å². The van der Waals surface area contributed by atoms with Gasteiger partial charge in [0.25, 0.3) is 5.91 Å². The summed E-state index contributed by atoms with van der Waals surface area (Å²) in [5.74, 6) is -0.605. The Morgan fingerprint density at radius 3 is 2.76 bits per heavy atom. The van der Waals surface area contributed by atoms with Crippen molar-refractivity contribution < 1.29 is 14.0 Å². The summed E-state index contributed by atoms with van der Waals surface area (Å²) in [6, 6.07) is 12.7. The number of fused-ring (bicyclic) bond motifs is 1. The van der Waals surface area contributed by atoms with Crippen LogP contribution in [0.5, 0.6) is 0 Å². The Kier molecular flexibility index (Phi) is 6.21. The molecular weight excluding hydrogens is 423 g/mol. The molecule has 3 aromatic rings. The number of hydrogen-bond acceptors (Lipinski definition) is 6. The molecule has 1 aromatic heterocycles. The van der Waals surface area contributed by atoms with E-state index in [0.717, 1.165) is 23.7 Å². The summed E-state index contributed by atoms with van der Waals surface area (Å²) in [7, 11) is 4.99. The second-order valence-electron chi connectivity index (χ2n) is 7.87. The third-order valence-corrected chi connectivity index (χ3v) is 5.73. The number of benzene rings is 2. The van der Waals surface area contributed by atoms with Crippen molar-refractivity contribution in [1.29, 1.82) is 0 Å². The lowest BCUT2D eigenvalue weighted by molar-refractivity contribution is -0.128. The maximum atomic E-state index is 14.7. The van der Waals surface area contributed by atoms with Crippen LogP contribution in [0.4, 0.5) is 27.5 Å². The number of nitrogens with zero attached hydrogens (tertiary/aromatic N) is 4. The van der Waals surface area contributed by atoms with Crippen molar-refractivity contribution in [3.63, 3.8) is 0 Å². The van der Waals surface area contributed by atoms with Gasteiger partial charge in [-0.1, -0.05) is 18.2 Å². The van der Waals surface area contributed by atoms with Crippen LogP contribution in [-0.4, -0.2) is 54.4 Å². The molecule has 0 saturated carbocycles. The van der Waals surface area contributed by atoms with Crippen LogP contribution in [0.2, 0.25) is 0 Å². The average Bonchev–Trinajstić information content (AvgIpc) is 2.97. The normalized spacial score (nSPS) is 13.2. The maximum absolute atomic E-state index is 14.7. The van der Waals surface area contributed by atoms with Crippen LogP contribution in [0.1, 0.15) is 21.5 Å². The van der Waals surface area contributed by atoms with Gasteiger partial charge in [0, 0.05) is 33.4 Å². The summed E-state index contributed by atoms with van der Waals surface area (Å²) in [5.41, 5.74) is 3.69. The molecule has 2 N–H and O–H groups in total. The van der Waals surface area contributed by atoms with E-state index in [9.17, 15) is 14.0 Å². The molecule has 1 aliphatic rings. The van der Waals surface area contributed by atoms with Gasteiger partial charge in [0.1, 0.15) is 0 Å². The van der Waals surface area contributed by atoms with E-state index in [1.165, 1.54) is 4.90 Å². The molecule has 0 bridgehead atoms. The Labute approximate surface area is 191 Å². The smallest absolute Gasteiger partial charge is 0.253 e. The predicted molar refractivity (Wildman–Crippen MR) is 125 cm³/mol. The van der Waals surface area contributed by atoms with Crippen LogP contribution in [0.3, 0.4) is 0 Å². The minimum Gasteiger partial charge on any atom is -0.355 e. The van der Waals surface area contributed by atoms with E-state index in [1.807, 2.05) is 18.2 Å². The van der Waals surface area contributed by atoms with E-state index in [2.05, 4.69) is 20.6 Å². The van der Waals surface area contributed by atoms with Crippen molar-refractivity contribution in [3.05, 3.63) is 71.2 Å². The molecule has 0 radical (unpaired) electrons. The zero-order chi connectivity index (χ0) is 23.5. The van der Waals surface area contributed by atoms with E-state index in [-0.39, 0.29) is 23.6 Å². The van der Waals surface area contributed by atoms with Crippen molar-refractivity contribution in [2.24, 2.45) is 0 Å². The predicted octanol–water partition coefficient (Wildman–Crippen LogP) is 3.04. The molecule has 4 rings (SSSR count). The lowest BCUT2D eigenvalue weighted by Crippen LogP contribution is -2.27. The third-order valence-electron chi connectivity index (χ3n) is 5.73. The van der Waals surface area contributed by atoms with Gasteiger partial charge in [-0.3, -0.25) is 9.59 Å². The quantitative estimate of drug-likeness (QED) is 0.624. The topological polar surface area (TPSA) is 90.5 Å². The molecule has 0 aliphatic carbocycles. The van der Waals surface area contributed by atoms with Gasteiger partial charge < -0.3 is 20.4 Å². The number of likely N-dealkylation sites (N-methyl/N-ethyl adjacent to an activating group) is 1. The number of halogens is 1. The molecular formula is C24H25FN6O2. The molecule has 170 valence electrons. The van der Waals surface area contributed by atoms with Crippen molar-refractivity contribution in [2.75, 3.05) is 37.9 Å². The highest BCUT2D eigenvalue weighted by molar-refractivity contribution is 6.00. The summed E-state index contributed by atoms with van der Waals surface area (Å²) >= 11 is 0. The number of hydrogen-bond donors (Lipinski definition) is 2.